The van der Waals surface area contributed by atoms with E-state index in [1.165, 1.54) is 18.6 Å². The molecule has 0 aromatic heterocycles. The van der Waals surface area contributed by atoms with Crippen molar-refractivity contribution in [3.8, 4) is 0 Å². The molecule has 2 N–H and O–H groups in total. The molecule has 0 saturated heterocycles. The highest BCUT2D eigenvalue weighted by Crippen LogP contribution is 2.11. The largest absolute Gasteiger partial charge is 0.316 e. The fourth-order valence-corrected chi connectivity index (χ4v) is 3.57. The summed E-state index contributed by atoms with van der Waals surface area (Å²) in [6, 6.07) is 7.00. The Morgan fingerprint density at radius 3 is 2.33 bits per heavy atom. The molecule has 0 heterocycles. The van der Waals surface area contributed by atoms with Crippen LogP contribution in [0.2, 0.25) is 0 Å². The molecular formula is C15H26N2O2S2. The number of hydrogen-bond acceptors (Lipinski definition) is 4. The van der Waals surface area contributed by atoms with E-state index in [1.807, 2.05) is 30.9 Å². The third kappa shape index (κ3) is 7.31. The second kappa shape index (κ2) is 10.2. The van der Waals surface area contributed by atoms with Crippen LogP contribution in [-0.2, 0) is 16.6 Å². The average molecular weight is 331 g/mol. The van der Waals surface area contributed by atoms with E-state index < -0.39 is 10.0 Å². The Balaban J connectivity index is 2.35. The van der Waals surface area contributed by atoms with Gasteiger partial charge in [0, 0.05) is 13.1 Å². The van der Waals surface area contributed by atoms with Crippen molar-refractivity contribution in [2.45, 2.75) is 37.1 Å². The number of rotatable bonds is 11. The van der Waals surface area contributed by atoms with Crippen LogP contribution in [0.1, 0.15) is 31.2 Å². The Kier molecular flexibility index (Phi) is 8.99. The summed E-state index contributed by atoms with van der Waals surface area (Å²) in [6.45, 7) is 1.25. The van der Waals surface area contributed by atoms with Crippen LogP contribution in [-0.4, -0.2) is 34.0 Å². The van der Waals surface area contributed by atoms with Crippen molar-refractivity contribution in [2.24, 2.45) is 0 Å². The molecule has 6 heteroatoms. The highest BCUT2D eigenvalue weighted by atomic mass is 32.2. The lowest BCUT2D eigenvalue weighted by Crippen LogP contribution is -2.24. The molecule has 0 aliphatic heterocycles. The molecule has 4 nitrogen and oxygen atoms in total. The van der Waals surface area contributed by atoms with Gasteiger partial charge >= 0.3 is 0 Å². The predicted molar refractivity (Wildman–Crippen MR) is 91.2 cm³/mol. The van der Waals surface area contributed by atoms with Crippen LogP contribution >= 0.6 is 11.8 Å². The second-order valence-corrected chi connectivity index (χ2v) is 7.73. The maximum absolute atomic E-state index is 12.1. The van der Waals surface area contributed by atoms with Crippen LogP contribution < -0.4 is 10.0 Å². The van der Waals surface area contributed by atoms with Crippen molar-refractivity contribution in [1.82, 2.24) is 10.0 Å². The van der Waals surface area contributed by atoms with E-state index in [2.05, 4.69) is 16.3 Å². The summed E-state index contributed by atoms with van der Waals surface area (Å²) >= 11 is 1.86. The van der Waals surface area contributed by atoms with Gasteiger partial charge in [0.25, 0.3) is 0 Å². The Labute approximate surface area is 133 Å². The molecule has 120 valence electrons. The van der Waals surface area contributed by atoms with Crippen molar-refractivity contribution in [1.29, 1.82) is 0 Å². The molecule has 1 rings (SSSR count). The number of nitrogens with one attached hydrogen (secondary N) is 2. The standard InChI is InChI=1S/C15H26N2O2S2/c1-16-13-14-7-9-15(10-8-14)21(18,19)17-11-5-3-4-6-12-20-2/h7-10,16-17H,3-6,11-13H2,1-2H3. The zero-order valence-corrected chi connectivity index (χ0v) is 14.5. The predicted octanol–water partition coefficient (Wildman–Crippen LogP) is 2.61. The van der Waals surface area contributed by atoms with Gasteiger partial charge in [0.1, 0.15) is 0 Å². The molecule has 0 amide bonds. The zero-order chi connectivity index (χ0) is 15.6. The van der Waals surface area contributed by atoms with E-state index in [1.54, 1.807) is 12.1 Å². The third-order valence-corrected chi connectivity index (χ3v) is 5.36. The maximum Gasteiger partial charge on any atom is 0.240 e. The van der Waals surface area contributed by atoms with Crippen molar-refractivity contribution in [2.75, 3.05) is 25.6 Å². The maximum atomic E-state index is 12.1. The lowest BCUT2D eigenvalue weighted by Gasteiger charge is -2.07. The molecule has 0 aliphatic carbocycles. The van der Waals surface area contributed by atoms with Crippen molar-refractivity contribution < 1.29 is 8.42 Å². The quantitative estimate of drug-likeness (QED) is 0.612. The minimum Gasteiger partial charge on any atom is -0.316 e. The SMILES string of the molecule is CNCc1ccc(S(=O)(=O)NCCCCCCSC)cc1. The summed E-state index contributed by atoms with van der Waals surface area (Å²) in [6.07, 6.45) is 6.45. The summed E-state index contributed by atoms with van der Waals surface area (Å²) in [7, 11) is -1.50. The first kappa shape index (κ1) is 18.5. The highest BCUT2D eigenvalue weighted by Gasteiger charge is 2.12. The molecule has 0 radical (unpaired) electrons. The third-order valence-electron chi connectivity index (χ3n) is 3.18. The summed E-state index contributed by atoms with van der Waals surface area (Å²) < 4.78 is 26.9. The van der Waals surface area contributed by atoms with E-state index in [4.69, 9.17) is 0 Å². The minimum absolute atomic E-state index is 0.338. The van der Waals surface area contributed by atoms with E-state index in [0.717, 1.165) is 24.9 Å². The molecule has 21 heavy (non-hydrogen) atoms. The van der Waals surface area contributed by atoms with Gasteiger partial charge in [-0.25, -0.2) is 13.1 Å². The van der Waals surface area contributed by atoms with Crippen LogP contribution in [0.15, 0.2) is 29.2 Å². The number of unbranched alkanes of at least 4 members (excludes halogenated alkanes) is 3. The topological polar surface area (TPSA) is 58.2 Å². The summed E-state index contributed by atoms with van der Waals surface area (Å²) in [5.41, 5.74) is 1.07. The van der Waals surface area contributed by atoms with Crippen molar-refractivity contribution in [3.05, 3.63) is 29.8 Å². The number of sulfonamides is 1. The lowest BCUT2D eigenvalue weighted by atomic mass is 10.2. The second-order valence-electron chi connectivity index (χ2n) is 4.98. The average Bonchev–Trinajstić information content (AvgIpc) is 2.47. The van der Waals surface area contributed by atoms with Gasteiger partial charge in [0.2, 0.25) is 10.0 Å². The normalized spacial score (nSPS) is 11.7. The fraction of sp³-hybridized carbons (Fsp3) is 0.600. The lowest BCUT2D eigenvalue weighted by molar-refractivity contribution is 0.574. The molecule has 1 aromatic carbocycles. The first-order valence-electron chi connectivity index (χ1n) is 7.32. The molecule has 0 aliphatic rings. The first-order valence-corrected chi connectivity index (χ1v) is 10.2. The van der Waals surface area contributed by atoms with Gasteiger partial charge < -0.3 is 5.32 Å². The minimum atomic E-state index is -3.36. The van der Waals surface area contributed by atoms with E-state index in [-0.39, 0.29) is 0 Å². The molecule has 0 spiro atoms. The van der Waals surface area contributed by atoms with Gasteiger partial charge in [-0.15, -0.1) is 0 Å². The van der Waals surface area contributed by atoms with E-state index in [0.29, 0.717) is 11.4 Å². The molecule has 0 atom stereocenters. The first-order chi connectivity index (χ1) is 10.1. The Morgan fingerprint density at radius 2 is 1.71 bits per heavy atom. The Bertz CT molecular complexity index is 487. The molecule has 0 bridgehead atoms. The van der Waals surface area contributed by atoms with Gasteiger partial charge in [-0.2, -0.15) is 11.8 Å². The molecule has 0 unspecified atom stereocenters. The summed E-state index contributed by atoms with van der Waals surface area (Å²) in [5.74, 6) is 1.19. The summed E-state index contributed by atoms with van der Waals surface area (Å²) in [4.78, 5) is 0.338. The Hall–Kier alpha value is -0.560. The number of thioether (sulfide) groups is 1. The molecule has 1 aromatic rings. The Morgan fingerprint density at radius 1 is 1.05 bits per heavy atom. The molecule has 0 saturated carbocycles. The van der Waals surface area contributed by atoms with Crippen molar-refractivity contribution in [3.63, 3.8) is 0 Å². The van der Waals surface area contributed by atoms with E-state index in [9.17, 15) is 8.42 Å². The van der Waals surface area contributed by atoms with Gasteiger partial charge in [-0.05, 0) is 49.6 Å². The molecule has 0 fully saturated rings. The van der Waals surface area contributed by atoms with Gasteiger partial charge in [-0.3, -0.25) is 0 Å². The number of hydrogen-bond donors (Lipinski definition) is 2. The van der Waals surface area contributed by atoms with Crippen molar-refractivity contribution >= 4 is 21.8 Å². The van der Waals surface area contributed by atoms with Crippen LogP contribution in [0, 0.1) is 0 Å². The van der Waals surface area contributed by atoms with Crippen LogP contribution in [0.3, 0.4) is 0 Å². The highest BCUT2D eigenvalue weighted by molar-refractivity contribution is 7.98. The smallest absolute Gasteiger partial charge is 0.240 e. The summed E-state index contributed by atoms with van der Waals surface area (Å²) in [5, 5.41) is 3.04. The van der Waals surface area contributed by atoms with Gasteiger partial charge in [0.05, 0.1) is 4.90 Å². The monoisotopic (exact) mass is 330 g/mol. The fourth-order valence-electron chi connectivity index (χ4n) is 2.01. The zero-order valence-electron chi connectivity index (χ0n) is 12.9. The van der Waals surface area contributed by atoms with Crippen LogP contribution in [0.25, 0.3) is 0 Å². The molecular weight excluding hydrogens is 304 g/mol. The van der Waals surface area contributed by atoms with E-state index >= 15 is 0 Å². The van der Waals surface area contributed by atoms with Gasteiger partial charge in [-0.1, -0.05) is 25.0 Å². The van der Waals surface area contributed by atoms with Gasteiger partial charge in [0.15, 0.2) is 0 Å². The van der Waals surface area contributed by atoms with Crippen LogP contribution in [0.5, 0.6) is 0 Å². The number of benzene rings is 1. The van der Waals surface area contributed by atoms with Crippen LogP contribution in [0.4, 0.5) is 0 Å².